The second-order valence-corrected chi connectivity index (χ2v) is 9.38. The van der Waals surface area contributed by atoms with Gasteiger partial charge in [-0.3, -0.25) is 19.9 Å². The lowest BCUT2D eigenvalue weighted by atomic mass is 10.1. The molecule has 1 aliphatic carbocycles. The van der Waals surface area contributed by atoms with E-state index in [1.807, 2.05) is 37.3 Å². The number of nitrogens with one attached hydrogen (secondary N) is 2. The van der Waals surface area contributed by atoms with Gasteiger partial charge in [0.15, 0.2) is 0 Å². The molecular formula is C29H28N4O4. The molecular weight excluding hydrogens is 468 g/mol. The molecule has 0 saturated heterocycles. The summed E-state index contributed by atoms with van der Waals surface area (Å²) in [5, 5.41) is 18.4. The number of rotatable bonds is 10. The van der Waals surface area contributed by atoms with Crippen molar-refractivity contribution >= 4 is 28.2 Å². The van der Waals surface area contributed by atoms with E-state index in [0.29, 0.717) is 35.8 Å². The third-order valence-corrected chi connectivity index (χ3v) is 6.54. The van der Waals surface area contributed by atoms with Gasteiger partial charge in [-0.2, -0.15) is 0 Å². The van der Waals surface area contributed by atoms with Gasteiger partial charge in [-0.1, -0.05) is 24.3 Å². The van der Waals surface area contributed by atoms with Crippen molar-refractivity contribution in [3.8, 4) is 5.75 Å². The Hall–Kier alpha value is -4.30. The molecule has 1 heterocycles. The van der Waals surface area contributed by atoms with E-state index in [1.165, 1.54) is 18.9 Å². The lowest BCUT2D eigenvalue weighted by molar-refractivity contribution is -0.385. The van der Waals surface area contributed by atoms with Gasteiger partial charge >= 0.3 is 0 Å². The summed E-state index contributed by atoms with van der Waals surface area (Å²) >= 11 is 0. The van der Waals surface area contributed by atoms with Crippen molar-refractivity contribution < 1.29 is 14.5 Å². The van der Waals surface area contributed by atoms with E-state index in [0.717, 1.165) is 34.4 Å². The number of ether oxygens (including phenoxy) is 1. The van der Waals surface area contributed by atoms with E-state index in [9.17, 15) is 14.9 Å². The van der Waals surface area contributed by atoms with Crippen molar-refractivity contribution in [2.75, 3.05) is 11.9 Å². The molecule has 188 valence electrons. The predicted molar refractivity (Wildman–Crippen MR) is 143 cm³/mol. The minimum Gasteiger partial charge on any atom is -0.493 e. The highest BCUT2D eigenvalue weighted by Gasteiger charge is 2.22. The van der Waals surface area contributed by atoms with Crippen LogP contribution in [-0.2, 0) is 13.1 Å². The molecule has 8 heteroatoms. The minimum absolute atomic E-state index is 0.106. The van der Waals surface area contributed by atoms with Gasteiger partial charge < -0.3 is 15.4 Å². The zero-order valence-corrected chi connectivity index (χ0v) is 20.6. The Labute approximate surface area is 214 Å². The Kier molecular flexibility index (Phi) is 7.09. The van der Waals surface area contributed by atoms with Gasteiger partial charge in [0.1, 0.15) is 5.75 Å². The largest absolute Gasteiger partial charge is 0.493 e. The summed E-state index contributed by atoms with van der Waals surface area (Å²) in [5.41, 5.74) is 4.67. The van der Waals surface area contributed by atoms with E-state index in [1.54, 1.807) is 36.5 Å². The third-order valence-electron chi connectivity index (χ3n) is 6.54. The minimum atomic E-state index is -0.368. The summed E-state index contributed by atoms with van der Waals surface area (Å²) in [6.07, 6.45) is 4.26. The summed E-state index contributed by atoms with van der Waals surface area (Å²) in [4.78, 5) is 28.3. The summed E-state index contributed by atoms with van der Waals surface area (Å²) in [7, 11) is 0. The van der Waals surface area contributed by atoms with Crippen molar-refractivity contribution in [1.29, 1.82) is 0 Å². The van der Waals surface area contributed by atoms with Crippen LogP contribution in [0.1, 0.15) is 39.9 Å². The van der Waals surface area contributed by atoms with E-state index < -0.39 is 0 Å². The molecule has 3 aromatic carbocycles. The average Bonchev–Trinajstić information content (AvgIpc) is 3.74. The maximum atomic E-state index is 12.8. The molecule has 8 nitrogen and oxygen atoms in total. The molecule has 5 rings (SSSR count). The number of carbonyl (C=O) groups is 1. The van der Waals surface area contributed by atoms with Gasteiger partial charge in [0, 0.05) is 47.6 Å². The Bertz CT molecular complexity index is 1450. The molecule has 1 fully saturated rings. The zero-order valence-electron chi connectivity index (χ0n) is 20.6. The van der Waals surface area contributed by atoms with Crippen LogP contribution in [0.5, 0.6) is 5.75 Å². The average molecular weight is 497 g/mol. The number of anilines is 1. The number of aromatic nitrogens is 1. The number of amides is 1. The fourth-order valence-electron chi connectivity index (χ4n) is 4.20. The maximum absolute atomic E-state index is 12.8. The fraction of sp³-hybridized carbons (Fsp3) is 0.241. The predicted octanol–water partition coefficient (Wildman–Crippen LogP) is 5.78. The van der Waals surface area contributed by atoms with E-state index >= 15 is 0 Å². The molecule has 1 saturated carbocycles. The summed E-state index contributed by atoms with van der Waals surface area (Å²) < 4.78 is 5.75. The normalized spacial score (nSPS) is 12.9. The van der Waals surface area contributed by atoms with Crippen molar-refractivity contribution in [3.63, 3.8) is 0 Å². The maximum Gasteiger partial charge on any atom is 0.273 e. The molecule has 1 amide bonds. The summed E-state index contributed by atoms with van der Waals surface area (Å²) in [5.74, 6) is 1.27. The van der Waals surface area contributed by atoms with Crippen LogP contribution < -0.4 is 15.4 Å². The number of fused-ring (bicyclic) bond motifs is 1. The second kappa shape index (κ2) is 10.8. The number of nitro benzene ring substituents is 1. The number of pyridine rings is 1. The molecule has 0 aliphatic heterocycles. The van der Waals surface area contributed by atoms with Crippen LogP contribution >= 0.6 is 0 Å². The number of carbonyl (C=O) groups excluding carboxylic acids is 1. The lowest BCUT2D eigenvalue weighted by Crippen LogP contribution is -2.14. The first-order valence-corrected chi connectivity index (χ1v) is 12.3. The van der Waals surface area contributed by atoms with Crippen molar-refractivity contribution in [2.24, 2.45) is 5.92 Å². The number of aryl methyl sites for hydroxylation is 1. The van der Waals surface area contributed by atoms with Gasteiger partial charge in [-0.25, -0.2) is 0 Å². The van der Waals surface area contributed by atoms with Gasteiger partial charge in [0.2, 0.25) is 0 Å². The second-order valence-electron chi connectivity index (χ2n) is 9.38. The van der Waals surface area contributed by atoms with Crippen molar-refractivity contribution in [1.82, 2.24) is 10.3 Å². The van der Waals surface area contributed by atoms with Crippen LogP contribution in [-0.4, -0.2) is 22.4 Å². The van der Waals surface area contributed by atoms with Crippen LogP contribution in [0.15, 0.2) is 72.9 Å². The Morgan fingerprint density at radius 2 is 1.86 bits per heavy atom. The molecule has 0 unspecified atom stereocenters. The first-order valence-electron chi connectivity index (χ1n) is 12.3. The smallest absolute Gasteiger partial charge is 0.273 e. The molecule has 4 aromatic rings. The lowest BCUT2D eigenvalue weighted by Gasteiger charge is -2.12. The van der Waals surface area contributed by atoms with Gasteiger partial charge in [-0.15, -0.1) is 0 Å². The topological polar surface area (TPSA) is 106 Å². The molecule has 1 aliphatic rings. The van der Waals surface area contributed by atoms with Gasteiger partial charge in [0.05, 0.1) is 17.0 Å². The molecule has 37 heavy (non-hydrogen) atoms. The number of para-hydroxylation sites is 1. The fourth-order valence-corrected chi connectivity index (χ4v) is 4.20. The number of benzene rings is 3. The number of hydrogen-bond donors (Lipinski definition) is 2. The first kappa shape index (κ1) is 24.4. The number of hydrogen-bond acceptors (Lipinski definition) is 6. The number of nitro groups is 1. The first-order chi connectivity index (χ1) is 18.0. The highest BCUT2D eigenvalue weighted by molar-refractivity contribution is 6.06. The molecule has 0 radical (unpaired) electrons. The zero-order chi connectivity index (χ0) is 25.8. The Morgan fingerprint density at radius 1 is 1.08 bits per heavy atom. The third kappa shape index (κ3) is 5.92. The highest BCUT2D eigenvalue weighted by atomic mass is 16.6. The van der Waals surface area contributed by atoms with Crippen LogP contribution in [0.2, 0.25) is 0 Å². The highest BCUT2D eigenvalue weighted by Crippen LogP contribution is 2.30. The van der Waals surface area contributed by atoms with Crippen LogP contribution in [0.4, 0.5) is 11.4 Å². The molecule has 2 N–H and O–H groups in total. The molecule has 1 aromatic heterocycles. The van der Waals surface area contributed by atoms with E-state index in [2.05, 4.69) is 15.6 Å². The molecule has 0 spiro atoms. The van der Waals surface area contributed by atoms with Gasteiger partial charge in [0.25, 0.3) is 11.6 Å². The standard InChI is InChI=1S/C29H28N4O4/c1-19-26(32-29(34)22-8-11-25(12-9-22)37-18-20-6-7-20)13-10-23-14-21(16-31-28(19)23)15-30-17-24-4-2-3-5-27(24)33(35)36/h2-5,8-14,16,20,30H,6-7,15,17-18H2,1H3,(H,32,34). The van der Waals surface area contributed by atoms with Crippen LogP contribution in [0.3, 0.4) is 0 Å². The SMILES string of the molecule is Cc1c(NC(=O)c2ccc(OCC3CC3)cc2)ccc2cc(CNCc3ccccc3[N+](=O)[O-])cnc12. The summed E-state index contributed by atoms with van der Waals surface area (Å²) in [6.45, 7) is 3.58. The Morgan fingerprint density at radius 3 is 2.62 bits per heavy atom. The van der Waals surface area contributed by atoms with E-state index in [4.69, 9.17) is 4.74 Å². The van der Waals surface area contributed by atoms with E-state index in [-0.39, 0.29) is 16.5 Å². The molecule has 0 bridgehead atoms. The van der Waals surface area contributed by atoms with Crippen LogP contribution in [0, 0.1) is 23.0 Å². The molecule has 0 atom stereocenters. The quantitative estimate of drug-likeness (QED) is 0.213. The summed E-state index contributed by atoms with van der Waals surface area (Å²) in [6, 6.07) is 19.8. The van der Waals surface area contributed by atoms with Crippen molar-refractivity contribution in [3.05, 3.63) is 105 Å². The Balaban J connectivity index is 1.22. The van der Waals surface area contributed by atoms with Crippen molar-refractivity contribution in [2.45, 2.75) is 32.9 Å². The van der Waals surface area contributed by atoms with Crippen LogP contribution in [0.25, 0.3) is 10.9 Å². The monoisotopic (exact) mass is 496 g/mol. The number of nitrogens with zero attached hydrogens (tertiary/aromatic N) is 2. The van der Waals surface area contributed by atoms with Gasteiger partial charge in [-0.05, 0) is 73.2 Å².